The van der Waals surface area contributed by atoms with Crippen LogP contribution < -0.4 is 10.2 Å². The summed E-state index contributed by atoms with van der Waals surface area (Å²) in [6.07, 6.45) is 0. The third-order valence-electron chi connectivity index (χ3n) is 4.28. The molecule has 0 aromatic carbocycles. The van der Waals surface area contributed by atoms with Gasteiger partial charge in [-0.25, -0.2) is 0 Å². The van der Waals surface area contributed by atoms with E-state index in [1.807, 2.05) is 32.6 Å². The average molecular weight is 424 g/mol. The first-order valence-corrected chi connectivity index (χ1v) is 11.0. The molecule has 2 aromatic heterocycles. The summed E-state index contributed by atoms with van der Waals surface area (Å²) in [5, 5.41) is 12.1. The Balaban J connectivity index is 1.51. The van der Waals surface area contributed by atoms with E-state index in [2.05, 4.69) is 20.4 Å². The fourth-order valence-corrected chi connectivity index (χ4v) is 4.70. The Morgan fingerprint density at radius 1 is 1.25 bits per heavy atom. The van der Waals surface area contributed by atoms with Crippen molar-refractivity contribution in [1.82, 2.24) is 20.4 Å². The standard InChI is InChI=1S/C18H25N5O3S2/c1-11(2)19-15(24)10-27-18-21-20-17(28-18)23-7-5-22(6-8-23)16(25)14-9-12(3)26-13(14)4/h9,11H,5-8,10H2,1-4H3,(H,19,24). The van der Waals surface area contributed by atoms with Crippen LogP contribution in [0.3, 0.4) is 0 Å². The van der Waals surface area contributed by atoms with Crippen LogP contribution >= 0.6 is 23.1 Å². The Hall–Kier alpha value is -2.07. The van der Waals surface area contributed by atoms with Gasteiger partial charge in [0.2, 0.25) is 11.0 Å². The van der Waals surface area contributed by atoms with Crippen molar-refractivity contribution in [2.45, 2.75) is 38.1 Å². The number of nitrogens with one attached hydrogen (secondary N) is 1. The summed E-state index contributed by atoms with van der Waals surface area (Å²) in [6, 6.07) is 1.93. The molecule has 0 saturated carbocycles. The third kappa shape index (κ3) is 5.05. The third-order valence-corrected chi connectivity index (χ3v) is 6.40. The first-order valence-electron chi connectivity index (χ1n) is 9.20. The minimum Gasteiger partial charge on any atom is -0.466 e. The number of piperazine rings is 1. The second-order valence-electron chi connectivity index (χ2n) is 6.97. The van der Waals surface area contributed by atoms with E-state index in [1.165, 1.54) is 23.1 Å². The van der Waals surface area contributed by atoms with Crippen molar-refractivity contribution in [1.29, 1.82) is 0 Å². The molecule has 1 N–H and O–H groups in total. The van der Waals surface area contributed by atoms with Gasteiger partial charge in [0.05, 0.1) is 11.3 Å². The average Bonchev–Trinajstić information content (AvgIpc) is 3.25. The molecule has 0 aliphatic carbocycles. The van der Waals surface area contributed by atoms with Crippen molar-refractivity contribution in [3.05, 3.63) is 23.2 Å². The number of rotatable bonds is 6. The fourth-order valence-electron chi connectivity index (χ4n) is 2.99. The minimum absolute atomic E-state index is 0.00588. The van der Waals surface area contributed by atoms with Crippen LogP contribution in [0.5, 0.6) is 0 Å². The molecular formula is C18H25N5O3S2. The molecule has 0 bridgehead atoms. The lowest BCUT2D eigenvalue weighted by molar-refractivity contribution is -0.119. The maximum atomic E-state index is 12.7. The van der Waals surface area contributed by atoms with Gasteiger partial charge in [0, 0.05) is 32.2 Å². The molecule has 1 fully saturated rings. The number of furan rings is 1. The monoisotopic (exact) mass is 423 g/mol. The van der Waals surface area contributed by atoms with E-state index in [0.717, 1.165) is 15.2 Å². The zero-order valence-corrected chi connectivity index (χ0v) is 18.2. The number of amides is 2. The highest BCUT2D eigenvalue weighted by Crippen LogP contribution is 2.28. The van der Waals surface area contributed by atoms with Gasteiger partial charge < -0.3 is 19.5 Å². The summed E-state index contributed by atoms with van der Waals surface area (Å²) in [7, 11) is 0. The molecule has 0 radical (unpaired) electrons. The van der Waals surface area contributed by atoms with Crippen LogP contribution in [-0.4, -0.2) is 64.9 Å². The van der Waals surface area contributed by atoms with E-state index in [4.69, 9.17) is 4.42 Å². The van der Waals surface area contributed by atoms with Crippen LogP contribution in [0.2, 0.25) is 0 Å². The van der Waals surface area contributed by atoms with Crippen molar-refractivity contribution in [2.75, 3.05) is 36.8 Å². The van der Waals surface area contributed by atoms with Crippen molar-refractivity contribution in [2.24, 2.45) is 0 Å². The highest BCUT2D eigenvalue weighted by molar-refractivity contribution is 8.01. The Morgan fingerprint density at radius 2 is 1.96 bits per heavy atom. The van der Waals surface area contributed by atoms with E-state index >= 15 is 0 Å². The molecule has 2 aromatic rings. The number of nitrogens with zero attached hydrogens (tertiary/aromatic N) is 4. The number of hydrogen-bond acceptors (Lipinski definition) is 8. The number of aryl methyl sites for hydroxylation is 2. The highest BCUT2D eigenvalue weighted by atomic mass is 32.2. The first kappa shape index (κ1) is 20.7. The van der Waals surface area contributed by atoms with Crippen LogP contribution in [0.25, 0.3) is 0 Å². The molecule has 3 heterocycles. The molecule has 3 rings (SSSR count). The second kappa shape index (κ2) is 8.95. The zero-order chi connectivity index (χ0) is 20.3. The predicted octanol–water partition coefficient (Wildman–Crippen LogP) is 2.33. The molecule has 1 aliphatic heterocycles. The van der Waals surface area contributed by atoms with E-state index < -0.39 is 0 Å². The maximum Gasteiger partial charge on any atom is 0.257 e. The lowest BCUT2D eigenvalue weighted by atomic mass is 10.2. The van der Waals surface area contributed by atoms with Gasteiger partial charge in [-0.05, 0) is 33.8 Å². The SMILES string of the molecule is Cc1cc(C(=O)N2CCN(c3nnc(SCC(=O)NC(C)C)s3)CC2)c(C)o1. The lowest BCUT2D eigenvalue weighted by Crippen LogP contribution is -2.48. The summed E-state index contributed by atoms with van der Waals surface area (Å²) in [4.78, 5) is 28.4. The van der Waals surface area contributed by atoms with Gasteiger partial charge in [-0.1, -0.05) is 23.1 Å². The van der Waals surface area contributed by atoms with Gasteiger partial charge in [-0.15, -0.1) is 10.2 Å². The Morgan fingerprint density at radius 3 is 2.57 bits per heavy atom. The quantitative estimate of drug-likeness (QED) is 0.713. The van der Waals surface area contributed by atoms with E-state index in [1.54, 1.807) is 6.07 Å². The summed E-state index contributed by atoms with van der Waals surface area (Å²) < 4.78 is 6.25. The molecular weight excluding hydrogens is 398 g/mol. The summed E-state index contributed by atoms with van der Waals surface area (Å²) in [6.45, 7) is 10.2. The molecule has 1 aliphatic rings. The Bertz CT molecular complexity index is 840. The van der Waals surface area contributed by atoms with Crippen LogP contribution in [0.1, 0.15) is 35.7 Å². The van der Waals surface area contributed by atoms with E-state index in [-0.39, 0.29) is 17.9 Å². The van der Waals surface area contributed by atoms with Crippen LogP contribution in [0.4, 0.5) is 5.13 Å². The largest absolute Gasteiger partial charge is 0.466 e. The second-order valence-corrected chi connectivity index (χ2v) is 9.15. The van der Waals surface area contributed by atoms with Gasteiger partial charge in [0.25, 0.3) is 5.91 Å². The molecule has 0 spiro atoms. The summed E-state index contributed by atoms with van der Waals surface area (Å²) in [5.74, 6) is 1.75. The number of carbonyl (C=O) groups excluding carboxylic acids is 2. The van der Waals surface area contributed by atoms with Crippen LogP contribution in [0, 0.1) is 13.8 Å². The van der Waals surface area contributed by atoms with Crippen LogP contribution in [-0.2, 0) is 4.79 Å². The van der Waals surface area contributed by atoms with Gasteiger partial charge in [0.15, 0.2) is 4.34 Å². The van der Waals surface area contributed by atoms with Gasteiger partial charge >= 0.3 is 0 Å². The van der Waals surface area contributed by atoms with Gasteiger partial charge in [-0.2, -0.15) is 0 Å². The molecule has 28 heavy (non-hydrogen) atoms. The number of anilines is 1. The lowest BCUT2D eigenvalue weighted by Gasteiger charge is -2.34. The maximum absolute atomic E-state index is 12.7. The van der Waals surface area contributed by atoms with E-state index in [0.29, 0.717) is 43.3 Å². The van der Waals surface area contributed by atoms with Crippen molar-refractivity contribution < 1.29 is 14.0 Å². The normalized spacial score (nSPS) is 14.6. The summed E-state index contributed by atoms with van der Waals surface area (Å²) in [5.41, 5.74) is 0.639. The van der Waals surface area contributed by atoms with Crippen LogP contribution in [0.15, 0.2) is 14.8 Å². The molecule has 10 heteroatoms. The molecule has 2 amide bonds. The number of thioether (sulfide) groups is 1. The Labute approximate surface area is 172 Å². The molecule has 0 unspecified atom stereocenters. The number of carbonyl (C=O) groups is 2. The predicted molar refractivity (Wildman–Crippen MR) is 110 cm³/mol. The topological polar surface area (TPSA) is 91.6 Å². The van der Waals surface area contributed by atoms with Gasteiger partial charge in [0.1, 0.15) is 11.5 Å². The van der Waals surface area contributed by atoms with Gasteiger partial charge in [-0.3, -0.25) is 9.59 Å². The zero-order valence-electron chi connectivity index (χ0n) is 16.5. The Kier molecular flexibility index (Phi) is 6.61. The molecule has 0 atom stereocenters. The van der Waals surface area contributed by atoms with Crippen molar-refractivity contribution >= 4 is 40.0 Å². The molecule has 8 nitrogen and oxygen atoms in total. The minimum atomic E-state index is -0.00588. The number of hydrogen-bond donors (Lipinski definition) is 1. The molecule has 1 saturated heterocycles. The number of aromatic nitrogens is 2. The highest BCUT2D eigenvalue weighted by Gasteiger charge is 2.26. The fraction of sp³-hybridized carbons (Fsp3) is 0.556. The summed E-state index contributed by atoms with van der Waals surface area (Å²) >= 11 is 2.87. The molecule has 152 valence electrons. The first-order chi connectivity index (χ1) is 13.3. The van der Waals surface area contributed by atoms with E-state index in [9.17, 15) is 9.59 Å². The van der Waals surface area contributed by atoms with Crippen molar-refractivity contribution in [3.8, 4) is 0 Å². The van der Waals surface area contributed by atoms with Crippen molar-refractivity contribution in [3.63, 3.8) is 0 Å². The smallest absolute Gasteiger partial charge is 0.257 e.